The smallest absolute Gasteiger partial charge is 0.406 e. The topological polar surface area (TPSA) is 89.0 Å². The SMILES string of the molecule is CNc1ncc2cc(-c3cc(C(=O)Nc4nc5ccc(OC(F)(F)F)cc5s4)ccc3C)ccc2n1. The number of hydrogen-bond acceptors (Lipinski definition) is 7. The zero-order valence-electron chi connectivity index (χ0n) is 19.0. The third-order valence-corrected chi connectivity index (χ3v) is 6.36. The molecule has 0 saturated heterocycles. The summed E-state index contributed by atoms with van der Waals surface area (Å²) in [6.07, 6.45) is -3.05. The number of nitrogens with zero attached hydrogens (tertiary/aromatic N) is 3. The highest BCUT2D eigenvalue weighted by molar-refractivity contribution is 7.22. The molecule has 0 unspecified atom stereocenters. The standard InChI is InChI=1S/C25H18F3N5O2S/c1-13-3-4-15(10-18(13)14-5-7-19-16(9-14)12-30-23(29-2)31-19)22(34)33-24-32-20-8-6-17(11-21(20)36-24)35-25(26,27)28/h3-12H,1-2H3,(H,29,30,31)(H,32,33,34). The molecule has 5 rings (SSSR count). The first-order valence-electron chi connectivity index (χ1n) is 10.7. The molecule has 0 aliphatic rings. The summed E-state index contributed by atoms with van der Waals surface area (Å²) in [7, 11) is 1.75. The molecule has 2 heterocycles. The number of carbonyl (C=O) groups excluding carboxylic acids is 1. The number of fused-ring (bicyclic) bond motifs is 2. The summed E-state index contributed by atoms with van der Waals surface area (Å²) in [5, 5.41) is 6.78. The van der Waals surface area contributed by atoms with Crippen molar-refractivity contribution in [1.29, 1.82) is 0 Å². The van der Waals surface area contributed by atoms with E-state index in [1.54, 1.807) is 25.4 Å². The number of alkyl halides is 3. The number of rotatable bonds is 5. The van der Waals surface area contributed by atoms with Crippen molar-refractivity contribution in [3.63, 3.8) is 0 Å². The Morgan fingerprint density at radius 2 is 1.81 bits per heavy atom. The summed E-state index contributed by atoms with van der Waals surface area (Å²) in [6, 6.07) is 15.0. The fourth-order valence-electron chi connectivity index (χ4n) is 3.72. The minimum Gasteiger partial charge on any atom is -0.406 e. The monoisotopic (exact) mass is 509 g/mol. The molecule has 7 nitrogen and oxygen atoms in total. The van der Waals surface area contributed by atoms with Gasteiger partial charge in [0, 0.05) is 30.3 Å². The van der Waals surface area contributed by atoms with E-state index in [0.29, 0.717) is 21.7 Å². The maximum Gasteiger partial charge on any atom is 0.573 e. The number of thiazole rings is 1. The number of benzene rings is 3. The maximum absolute atomic E-state index is 13.0. The Kier molecular flexibility index (Phi) is 5.92. The van der Waals surface area contributed by atoms with Crippen LogP contribution in [-0.2, 0) is 0 Å². The van der Waals surface area contributed by atoms with Gasteiger partial charge in [-0.05, 0) is 60.0 Å². The van der Waals surface area contributed by atoms with Crippen LogP contribution in [0.25, 0.3) is 32.2 Å². The van der Waals surface area contributed by atoms with Crippen LogP contribution in [-0.4, -0.2) is 34.3 Å². The minimum absolute atomic E-state index is 0.268. The predicted octanol–water partition coefficient (Wildman–Crippen LogP) is 6.41. The molecule has 0 atom stereocenters. The molecule has 1 amide bonds. The first-order valence-corrected chi connectivity index (χ1v) is 11.5. The molecule has 5 aromatic rings. The van der Waals surface area contributed by atoms with Gasteiger partial charge in [-0.15, -0.1) is 13.2 Å². The highest BCUT2D eigenvalue weighted by atomic mass is 32.1. The molecular weight excluding hydrogens is 491 g/mol. The van der Waals surface area contributed by atoms with E-state index < -0.39 is 6.36 Å². The van der Waals surface area contributed by atoms with Gasteiger partial charge in [-0.25, -0.2) is 15.0 Å². The van der Waals surface area contributed by atoms with Gasteiger partial charge in [0.25, 0.3) is 5.91 Å². The lowest BCUT2D eigenvalue weighted by atomic mass is 9.97. The quantitative estimate of drug-likeness (QED) is 0.285. The van der Waals surface area contributed by atoms with Crippen LogP contribution in [0.2, 0.25) is 0 Å². The van der Waals surface area contributed by atoms with Crippen molar-refractivity contribution in [2.75, 3.05) is 17.7 Å². The zero-order chi connectivity index (χ0) is 25.4. The lowest BCUT2D eigenvalue weighted by molar-refractivity contribution is -0.274. The average Bonchev–Trinajstić information content (AvgIpc) is 3.24. The fraction of sp³-hybridized carbons (Fsp3) is 0.120. The number of halogens is 3. The van der Waals surface area contributed by atoms with E-state index in [1.807, 2.05) is 31.2 Å². The maximum atomic E-state index is 13.0. The summed E-state index contributed by atoms with van der Waals surface area (Å²) in [5.74, 6) is -0.198. The summed E-state index contributed by atoms with van der Waals surface area (Å²) in [5.41, 5.74) is 4.43. The molecule has 11 heteroatoms. The van der Waals surface area contributed by atoms with Gasteiger partial charge in [0.1, 0.15) is 5.75 Å². The average molecular weight is 510 g/mol. The van der Waals surface area contributed by atoms with Crippen LogP contribution in [0.1, 0.15) is 15.9 Å². The Morgan fingerprint density at radius 3 is 2.58 bits per heavy atom. The van der Waals surface area contributed by atoms with Crippen molar-refractivity contribution in [3.8, 4) is 16.9 Å². The van der Waals surface area contributed by atoms with Crippen LogP contribution >= 0.6 is 11.3 Å². The number of carbonyl (C=O) groups is 1. The molecule has 0 aliphatic carbocycles. The molecule has 0 fully saturated rings. The van der Waals surface area contributed by atoms with Crippen molar-refractivity contribution in [1.82, 2.24) is 15.0 Å². The van der Waals surface area contributed by atoms with Crippen LogP contribution < -0.4 is 15.4 Å². The predicted molar refractivity (Wildman–Crippen MR) is 134 cm³/mol. The number of nitrogens with one attached hydrogen (secondary N) is 2. The van der Waals surface area contributed by atoms with Crippen molar-refractivity contribution in [3.05, 3.63) is 71.9 Å². The number of hydrogen-bond donors (Lipinski definition) is 2. The Morgan fingerprint density at radius 1 is 1.00 bits per heavy atom. The minimum atomic E-state index is -4.79. The molecule has 0 bridgehead atoms. The lowest BCUT2D eigenvalue weighted by Gasteiger charge is -2.10. The van der Waals surface area contributed by atoms with E-state index in [4.69, 9.17) is 0 Å². The molecule has 0 radical (unpaired) electrons. The van der Waals surface area contributed by atoms with Crippen molar-refractivity contribution >= 4 is 49.4 Å². The molecule has 3 aromatic carbocycles. The van der Waals surface area contributed by atoms with Gasteiger partial charge in [0.2, 0.25) is 5.95 Å². The molecule has 182 valence electrons. The number of aryl methyl sites for hydroxylation is 1. The van der Waals surface area contributed by atoms with E-state index >= 15 is 0 Å². The Balaban J connectivity index is 1.40. The Hall–Kier alpha value is -4.25. The molecular formula is C25H18F3N5O2S. The highest BCUT2D eigenvalue weighted by Gasteiger charge is 2.31. The highest BCUT2D eigenvalue weighted by Crippen LogP contribution is 2.32. The van der Waals surface area contributed by atoms with Gasteiger partial charge in [0.15, 0.2) is 5.13 Å². The van der Waals surface area contributed by atoms with Gasteiger partial charge in [-0.2, -0.15) is 0 Å². The van der Waals surface area contributed by atoms with E-state index in [0.717, 1.165) is 38.9 Å². The number of ether oxygens (including phenoxy) is 1. The molecule has 36 heavy (non-hydrogen) atoms. The van der Waals surface area contributed by atoms with Crippen molar-refractivity contribution in [2.45, 2.75) is 13.3 Å². The largest absolute Gasteiger partial charge is 0.573 e. The third-order valence-electron chi connectivity index (χ3n) is 5.43. The molecule has 0 spiro atoms. The van der Waals surface area contributed by atoms with Gasteiger partial charge in [0.05, 0.1) is 15.7 Å². The zero-order valence-corrected chi connectivity index (χ0v) is 19.8. The molecule has 2 N–H and O–H groups in total. The molecule has 2 aromatic heterocycles. The number of aromatic nitrogens is 3. The second-order valence-corrected chi connectivity index (χ2v) is 8.93. The summed E-state index contributed by atoms with van der Waals surface area (Å²) in [4.78, 5) is 26.0. The van der Waals surface area contributed by atoms with E-state index in [9.17, 15) is 18.0 Å². The summed E-state index contributed by atoms with van der Waals surface area (Å²) in [6.45, 7) is 1.95. The molecule has 0 saturated carbocycles. The van der Waals surface area contributed by atoms with Crippen LogP contribution in [0.5, 0.6) is 5.75 Å². The van der Waals surface area contributed by atoms with Crippen LogP contribution in [0, 0.1) is 6.92 Å². The van der Waals surface area contributed by atoms with Crippen LogP contribution in [0.4, 0.5) is 24.3 Å². The third kappa shape index (κ3) is 4.91. The Labute approximate surface area is 207 Å². The second-order valence-electron chi connectivity index (χ2n) is 7.90. The Bertz CT molecular complexity index is 1620. The van der Waals surface area contributed by atoms with Gasteiger partial charge in [-0.1, -0.05) is 23.5 Å². The van der Waals surface area contributed by atoms with Crippen molar-refractivity contribution in [2.24, 2.45) is 0 Å². The van der Waals surface area contributed by atoms with Crippen LogP contribution in [0.3, 0.4) is 0 Å². The number of amides is 1. The first-order chi connectivity index (χ1) is 17.2. The van der Waals surface area contributed by atoms with E-state index in [1.165, 1.54) is 18.2 Å². The van der Waals surface area contributed by atoms with Crippen molar-refractivity contribution < 1.29 is 22.7 Å². The van der Waals surface area contributed by atoms with Gasteiger partial charge in [-0.3, -0.25) is 10.1 Å². The summed E-state index contributed by atoms with van der Waals surface area (Å²) >= 11 is 1.06. The van der Waals surface area contributed by atoms with E-state index in [-0.39, 0.29) is 16.8 Å². The molecule has 0 aliphatic heterocycles. The normalized spacial score (nSPS) is 11.6. The summed E-state index contributed by atoms with van der Waals surface area (Å²) < 4.78 is 41.9. The fourth-order valence-corrected chi connectivity index (χ4v) is 4.61. The van der Waals surface area contributed by atoms with Gasteiger partial charge >= 0.3 is 6.36 Å². The number of anilines is 2. The second kappa shape index (κ2) is 9.08. The van der Waals surface area contributed by atoms with Crippen LogP contribution in [0.15, 0.2) is 60.8 Å². The van der Waals surface area contributed by atoms with E-state index in [2.05, 4.69) is 30.3 Å². The first kappa shape index (κ1) is 23.5. The van der Waals surface area contributed by atoms with Gasteiger partial charge < -0.3 is 10.1 Å². The lowest BCUT2D eigenvalue weighted by Crippen LogP contribution is -2.16.